The zero-order valence-corrected chi connectivity index (χ0v) is 11.5. The number of halogens is 1. The third-order valence-electron chi connectivity index (χ3n) is 4.10. The third kappa shape index (κ3) is 3.30. The Labute approximate surface area is 109 Å². The van der Waals surface area contributed by atoms with Gasteiger partial charge in [-0.2, -0.15) is 0 Å². The summed E-state index contributed by atoms with van der Waals surface area (Å²) in [4.78, 5) is 2.39. The number of nitrogens with one attached hydrogen (secondary N) is 1. The number of piperidine rings is 1. The maximum atomic E-state index is 13.2. The summed E-state index contributed by atoms with van der Waals surface area (Å²) >= 11 is 0. The molecule has 2 atom stereocenters. The topological polar surface area (TPSA) is 15.3 Å². The van der Waals surface area contributed by atoms with Crippen LogP contribution in [0.25, 0.3) is 0 Å². The number of hydrogen-bond acceptors (Lipinski definition) is 2. The van der Waals surface area contributed by atoms with Gasteiger partial charge >= 0.3 is 0 Å². The first-order chi connectivity index (χ1) is 8.56. The molecular weight excluding hydrogens is 227 g/mol. The molecule has 0 aliphatic carbocycles. The Morgan fingerprint density at radius 3 is 2.94 bits per heavy atom. The molecular formula is C15H23FN2. The summed E-state index contributed by atoms with van der Waals surface area (Å²) in [6, 6.07) is 6.20. The maximum absolute atomic E-state index is 13.2. The lowest BCUT2D eigenvalue weighted by atomic mass is 9.98. The standard InChI is InChI=1S/C15H23FN2/c1-11-4-5-14(16)9-13(11)10-17-15-6-7-18(3)12(2)8-15/h4-5,9,12,15,17H,6-8,10H2,1-3H3. The van der Waals surface area contributed by atoms with Gasteiger partial charge < -0.3 is 10.2 Å². The molecule has 2 unspecified atom stereocenters. The summed E-state index contributed by atoms with van der Waals surface area (Å²) in [6.07, 6.45) is 2.35. The molecule has 1 aromatic carbocycles. The van der Waals surface area contributed by atoms with Gasteiger partial charge in [0.05, 0.1) is 0 Å². The van der Waals surface area contributed by atoms with E-state index in [4.69, 9.17) is 0 Å². The largest absolute Gasteiger partial charge is 0.310 e. The second kappa shape index (κ2) is 5.81. The second-order valence-corrected chi connectivity index (χ2v) is 5.50. The molecule has 100 valence electrons. The first-order valence-corrected chi connectivity index (χ1v) is 6.75. The minimum absolute atomic E-state index is 0.144. The molecule has 1 fully saturated rings. The summed E-state index contributed by atoms with van der Waals surface area (Å²) in [5, 5.41) is 3.56. The number of hydrogen-bond donors (Lipinski definition) is 1. The quantitative estimate of drug-likeness (QED) is 0.887. The van der Waals surface area contributed by atoms with Gasteiger partial charge in [-0.1, -0.05) is 6.07 Å². The van der Waals surface area contributed by atoms with Gasteiger partial charge in [-0.05, 0) is 63.5 Å². The van der Waals surface area contributed by atoms with Gasteiger partial charge in [0.25, 0.3) is 0 Å². The molecule has 1 heterocycles. The van der Waals surface area contributed by atoms with Crippen LogP contribution in [0.2, 0.25) is 0 Å². The van der Waals surface area contributed by atoms with Gasteiger partial charge in [-0.15, -0.1) is 0 Å². The van der Waals surface area contributed by atoms with Crippen molar-refractivity contribution >= 4 is 0 Å². The van der Waals surface area contributed by atoms with Crippen molar-refractivity contribution in [2.24, 2.45) is 0 Å². The molecule has 0 spiro atoms. The number of rotatable bonds is 3. The van der Waals surface area contributed by atoms with E-state index in [1.54, 1.807) is 6.07 Å². The van der Waals surface area contributed by atoms with Gasteiger partial charge in [-0.3, -0.25) is 0 Å². The van der Waals surface area contributed by atoms with Crippen LogP contribution in [0.5, 0.6) is 0 Å². The first-order valence-electron chi connectivity index (χ1n) is 6.75. The molecule has 18 heavy (non-hydrogen) atoms. The molecule has 2 nitrogen and oxygen atoms in total. The molecule has 0 bridgehead atoms. The molecule has 1 aliphatic heterocycles. The van der Waals surface area contributed by atoms with Crippen molar-refractivity contribution in [3.05, 3.63) is 35.1 Å². The lowest BCUT2D eigenvalue weighted by Crippen LogP contribution is -2.45. The molecule has 1 N–H and O–H groups in total. The van der Waals surface area contributed by atoms with Crippen LogP contribution < -0.4 is 5.32 Å². The van der Waals surface area contributed by atoms with Crippen molar-refractivity contribution in [1.29, 1.82) is 0 Å². The van der Waals surface area contributed by atoms with E-state index in [1.807, 2.05) is 13.0 Å². The normalized spacial score (nSPS) is 25.3. The maximum Gasteiger partial charge on any atom is 0.123 e. The molecule has 3 heteroatoms. The highest BCUT2D eigenvalue weighted by Gasteiger charge is 2.22. The Bertz CT molecular complexity index is 405. The van der Waals surface area contributed by atoms with Crippen molar-refractivity contribution in [3.8, 4) is 0 Å². The molecule has 1 aromatic rings. The molecule has 0 saturated carbocycles. The van der Waals surface area contributed by atoms with E-state index in [2.05, 4.69) is 24.2 Å². The molecule has 1 saturated heterocycles. The van der Waals surface area contributed by atoms with E-state index < -0.39 is 0 Å². The van der Waals surface area contributed by atoms with E-state index in [1.165, 1.54) is 18.9 Å². The van der Waals surface area contributed by atoms with Crippen molar-refractivity contribution < 1.29 is 4.39 Å². The number of nitrogens with zero attached hydrogens (tertiary/aromatic N) is 1. The lowest BCUT2D eigenvalue weighted by molar-refractivity contribution is 0.168. The monoisotopic (exact) mass is 250 g/mol. The van der Waals surface area contributed by atoms with Crippen molar-refractivity contribution in [2.75, 3.05) is 13.6 Å². The smallest absolute Gasteiger partial charge is 0.123 e. The number of likely N-dealkylation sites (tertiary alicyclic amines) is 1. The van der Waals surface area contributed by atoms with E-state index in [9.17, 15) is 4.39 Å². The molecule has 2 rings (SSSR count). The summed E-state index contributed by atoms with van der Waals surface area (Å²) in [7, 11) is 2.18. The van der Waals surface area contributed by atoms with Crippen LogP contribution in [0, 0.1) is 12.7 Å². The predicted octanol–water partition coefficient (Wildman–Crippen LogP) is 2.71. The van der Waals surface area contributed by atoms with E-state index in [-0.39, 0.29) is 5.82 Å². The van der Waals surface area contributed by atoms with Gasteiger partial charge in [0.15, 0.2) is 0 Å². The number of benzene rings is 1. The Morgan fingerprint density at radius 1 is 1.44 bits per heavy atom. The second-order valence-electron chi connectivity index (χ2n) is 5.50. The zero-order chi connectivity index (χ0) is 13.1. The van der Waals surface area contributed by atoms with Crippen molar-refractivity contribution in [3.63, 3.8) is 0 Å². The highest BCUT2D eigenvalue weighted by atomic mass is 19.1. The number of aryl methyl sites for hydroxylation is 1. The summed E-state index contributed by atoms with van der Waals surface area (Å²) in [6.45, 7) is 6.21. The fourth-order valence-corrected chi connectivity index (χ4v) is 2.56. The lowest BCUT2D eigenvalue weighted by Gasteiger charge is -2.35. The van der Waals surface area contributed by atoms with Gasteiger partial charge in [0, 0.05) is 18.6 Å². The van der Waals surface area contributed by atoms with E-state index >= 15 is 0 Å². The first kappa shape index (κ1) is 13.5. The van der Waals surface area contributed by atoms with Crippen LogP contribution in [-0.4, -0.2) is 30.6 Å². The van der Waals surface area contributed by atoms with Gasteiger partial charge in [-0.25, -0.2) is 4.39 Å². The van der Waals surface area contributed by atoms with Gasteiger partial charge in [0.1, 0.15) is 5.82 Å². The van der Waals surface area contributed by atoms with Crippen molar-refractivity contribution in [1.82, 2.24) is 10.2 Å². The molecule has 0 radical (unpaired) electrons. The van der Waals surface area contributed by atoms with Gasteiger partial charge in [0.2, 0.25) is 0 Å². The van der Waals surface area contributed by atoms with Crippen LogP contribution in [0.4, 0.5) is 4.39 Å². The highest BCUT2D eigenvalue weighted by molar-refractivity contribution is 5.26. The van der Waals surface area contributed by atoms with E-state index in [0.717, 1.165) is 24.2 Å². The van der Waals surface area contributed by atoms with Crippen LogP contribution >= 0.6 is 0 Å². The average molecular weight is 250 g/mol. The summed E-state index contributed by atoms with van der Waals surface area (Å²) < 4.78 is 13.2. The van der Waals surface area contributed by atoms with Crippen LogP contribution in [0.1, 0.15) is 30.9 Å². The van der Waals surface area contributed by atoms with E-state index in [0.29, 0.717) is 12.1 Å². The Hall–Kier alpha value is -0.930. The van der Waals surface area contributed by atoms with Crippen LogP contribution in [0.3, 0.4) is 0 Å². The molecule has 1 aliphatic rings. The fraction of sp³-hybridized carbons (Fsp3) is 0.600. The third-order valence-corrected chi connectivity index (χ3v) is 4.10. The Kier molecular flexibility index (Phi) is 4.36. The fourth-order valence-electron chi connectivity index (χ4n) is 2.56. The zero-order valence-electron chi connectivity index (χ0n) is 11.5. The van der Waals surface area contributed by atoms with Crippen molar-refractivity contribution in [2.45, 2.75) is 45.3 Å². The molecule has 0 aromatic heterocycles. The molecule has 0 amide bonds. The highest BCUT2D eigenvalue weighted by Crippen LogP contribution is 2.16. The Balaban J connectivity index is 1.90. The van der Waals surface area contributed by atoms with Crippen LogP contribution in [-0.2, 0) is 6.54 Å². The minimum atomic E-state index is -0.144. The average Bonchev–Trinajstić information content (AvgIpc) is 2.34. The SMILES string of the molecule is Cc1ccc(F)cc1CNC1CCN(C)C(C)C1. The summed E-state index contributed by atoms with van der Waals surface area (Å²) in [5.41, 5.74) is 2.23. The minimum Gasteiger partial charge on any atom is -0.310 e. The predicted molar refractivity (Wildman–Crippen MR) is 73.1 cm³/mol. The Morgan fingerprint density at radius 2 is 2.22 bits per heavy atom. The van der Waals surface area contributed by atoms with Crippen LogP contribution in [0.15, 0.2) is 18.2 Å². The summed E-state index contributed by atoms with van der Waals surface area (Å²) in [5.74, 6) is -0.144.